The highest BCUT2D eigenvalue weighted by atomic mass is 14.8. The first-order valence-corrected chi connectivity index (χ1v) is 6.78. The van der Waals surface area contributed by atoms with Crippen molar-refractivity contribution in [1.29, 1.82) is 0 Å². The summed E-state index contributed by atoms with van der Waals surface area (Å²) in [6.45, 7) is 13.7. The average Bonchev–Trinajstić information content (AvgIpc) is 2.29. The zero-order valence-electron chi connectivity index (χ0n) is 12.7. The van der Waals surface area contributed by atoms with Crippen molar-refractivity contribution in [3.05, 3.63) is 34.4 Å². The summed E-state index contributed by atoms with van der Waals surface area (Å²) in [6, 6.07) is 4.38. The molecule has 2 nitrogen and oxygen atoms in total. The van der Waals surface area contributed by atoms with Gasteiger partial charge >= 0.3 is 0 Å². The third-order valence-electron chi connectivity index (χ3n) is 2.85. The van der Waals surface area contributed by atoms with Gasteiger partial charge in [-0.15, -0.1) is 0 Å². The molecule has 0 aliphatic carbocycles. The number of benzene rings is 1. The zero-order valence-corrected chi connectivity index (χ0v) is 12.7. The Labute approximate surface area is 112 Å². The molecule has 0 heterocycles. The van der Waals surface area contributed by atoms with Gasteiger partial charge in [0.15, 0.2) is 0 Å². The molecule has 102 valence electrons. The van der Waals surface area contributed by atoms with Crippen molar-refractivity contribution in [2.45, 2.75) is 60.4 Å². The summed E-state index contributed by atoms with van der Waals surface area (Å²) in [5, 5.41) is 0. The highest BCUT2D eigenvalue weighted by Crippen LogP contribution is 2.24. The van der Waals surface area contributed by atoms with Crippen LogP contribution in [0.2, 0.25) is 0 Å². The molecule has 1 aromatic rings. The summed E-state index contributed by atoms with van der Waals surface area (Å²) in [5.74, 6) is 0.561. The molecular formula is C16H28N2. The average molecular weight is 248 g/mol. The van der Waals surface area contributed by atoms with E-state index in [4.69, 9.17) is 5.73 Å². The summed E-state index contributed by atoms with van der Waals surface area (Å²) in [6.07, 6.45) is 2.63. The largest absolute Gasteiger partial charge is 0.390 e. The van der Waals surface area contributed by atoms with E-state index in [1.165, 1.54) is 35.0 Å². The second-order valence-electron chi connectivity index (χ2n) is 4.93. The van der Waals surface area contributed by atoms with Crippen LogP contribution in [0.4, 0.5) is 0 Å². The van der Waals surface area contributed by atoms with Crippen LogP contribution in [0.3, 0.4) is 0 Å². The molecule has 0 bridgehead atoms. The molecule has 18 heavy (non-hydrogen) atoms. The van der Waals surface area contributed by atoms with Crippen LogP contribution in [0.1, 0.15) is 62.3 Å². The van der Waals surface area contributed by atoms with Crippen LogP contribution in [0, 0.1) is 13.8 Å². The molecule has 1 aromatic carbocycles. The Balaban J connectivity index is 0.000000873. The topological polar surface area (TPSA) is 38.4 Å². The van der Waals surface area contributed by atoms with Crippen molar-refractivity contribution in [1.82, 2.24) is 0 Å². The molecule has 0 aliphatic heterocycles. The van der Waals surface area contributed by atoms with E-state index >= 15 is 0 Å². The Morgan fingerprint density at radius 2 is 1.78 bits per heavy atom. The van der Waals surface area contributed by atoms with E-state index in [0.717, 1.165) is 0 Å². The zero-order chi connectivity index (χ0) is 14.1. The quantitative estimate of drug-likeness (QED) is 0.627. The highest BCUT2D eigenvalue weighted by Gasteiger charge is 2.09. The van der Waals surface area contributed by atoms with Gasteiger partial charge in [0.25, 0.3) is 0 Å². The molecule has 0 unspecified atom stereocenters. The van der Waals surface area contributed by atoms with Crippen LogP contribution in [0.25, 0.3) is 0 Å². The van der Waals surface area contributed by atoms with E-state index in [1.54, 1.807) is 0 Å². The molecule has 2 N–H and O–H groups in total. The van der Waals surface area contributed by atoms with Gasteiger partial charge < -0.3 is 5.73 Å². The molecule has 0 saturated heterocycles. The second-order valence-corrected chi connectivity index (χ2v) is 4.93. The molecule has 0 aliphatic rings. The molecule has 0 saturated carbocycles. The fourth-order valence-electron chi connectivity index (χ4n) is 1.92. The van der Waals surface area contributed by atoms with Crippen LogP contribution in [0.15, 0.2) is 17.1 Å². The Morgan fingerprint density at radius 1 is 1.22 bits per heavy atom. The third-order valence-corrected chi connectivity index (χ3v) is 2.85. The summed E-state index contributed by atoms with van der Waals surface area (Å²) >= 11 is 0. The fourth-order valence-corrected chi connectivity index (χ4v) is 1.92. The Morgan fingerprint density at radius 3 is 2.22 bits per heavy atom. The maximum atomic E-state index is 5.28. The number of aliphatic imine (C=N–C) groups is 1. The first-order valence-electron chi connectivity index (χ1n) is 6.78. The lowest BCUT2D eigenvalue weighted by Gasteiger charge is -2.15. The van der Waals surface area contributed by atoms with Crippen LogP contribution in [-0.4, -0.2) is 6.34 Å². The minimum atomic E-state index is 0.561. The number of hydrogen-bond donors (Lipinski definition) is 1. The first-order chi connectivity index (χ1) is 8.49. The van der Waals surface area contributed by atoms with Gasteiger partial charge in [0.2, 0.25) is 0 Å². The molecule has 1 rings (SSSR count). The minimum Gasteiger partial charge on any atom is -0.390 e. The Kier molecular flexibility index (Phi) is 8.10. The second kappa shape index (κ2) is 8.73. The molecule has 2 heteroatoms. The monoisotopic (exact) mass is 248 g/mol. The van der Waals surface area contributed by atoms with E-state index in [-0.39, 0.29) is 0 Å². The van der Waals surface area contributed by atoms with Crippen LogP contribution in [0.5, 0.6) is 0 Å². The standard InChI is InChI=1S/C13H20N2.C3H8/c1-9(2)12-6-5-10(3)13(11(12)4)7-15-8-14;1-3-2/h5-6,8-9H,7H2,1-4H3,(H2,14,15);3H2,1-2H3. The molecule has 0 atom stereocenters. The number of hydrogen-bond acceptors (Lipinski definition) is 1. The van der Waals surface area contributed by atoms with Crippen molar-refractivity contribution < 1.29 is 0 Å². The number of nitrogens with two attached hydrogens (primary N) is 1. The third kappa shape index (κ3) is 4.91. The van der Waals surface area contributed by atoms with Gasteiger partial charge in [0.1, 0.15) is 0 Å². The molecular weight excluding hydrogens is 220 g/mol. The lowest BCUT2D eigenvalue weighted by molar-refractivity contribution is 0.846. The normalized spacial score (nSPS) is 10.6. The van der Waals surface area contributed by atoms with E-state index in [9.17, 15) is 0 Å². The Bertz CT molecular complexity index is 379. The van der Waals surface area contributed by atoms with E-state index in [1.807, 2.05) is 0 Å². The summed E-state index contributed by atoms with van der Waals surface area (Å²) in [5.41, 5.74) is 10.6. The molecule has 0 spiro atoms. The molecule has 0 amide bonds. The maximum Gasteiger partial charge on any atom is 0.0801 e. The van der Waals surface area contributed by atoms with Crippen molar-refractivity contribution in [2.75, 3.05) is 0 Å². The Hall–Kier alpha value is -1.31. The van der Waals surface area contributed by atoms with Gasteiger partial charge in [0.05, 0.1) is 12.9 Å². The predicted octanol–water partition coefficient (Wildman–Crippen LogP) is 4.33. The van der Waals surface area contributed by atoms with Crippen LogP contribution < -0.4 is 5.73 Å². The minimum absolute atomic E-state index is 0.561. The van der Waals surface area contributed by atoms with Gasteiger partial charge in [-0.25, -0.2) is 0 Å². The SMILES string of the molecule is CCC.Cc1ccc(C(C)C)c(C)c1CN=CN. The van der Waals surface area contributed by atoms with Crippen LogP contribution >= 0.6 is 0 Å². The fraction of sp³-hybridized carbons (Fsp3) is 0.562. The van der Waals surface area contributed by atoms with E-state index < -0.39 is 0 Å². The first kappa shape index (κ1) is 16.7. The lowest BCUT2D eigenvalue weighted by Crippen LogP contribution is -2.00. The van der Waals surface area contributed by atoms with Gasteiger partial charge in [-0.1, -0.05) is 46.2 Å². The van der Waals surface area contributed by atoms with Crippen LogP contribution in [-0.2, 0) is 6.54 Å². The maximum absolute atomic E-state index is 5.28. The highest BCUT2D eigenvalue weighted by molar-refractivity contribution is 5.52. The summed E-state index contributed by atoms with van der Waals surface area (Å²) in [4.78, 5) is 4.12. The number of aryl methyl sites for hydroxylation is 1. The van der Waals surface area contributed by atoms with Gasteiger partial charge in [-0.3, -0.25) is 4.99 Å². The molecule has 0 fully saturated rings. The van der Waals surface area contributed by atoms with Crippen molar-refractivity contribution in [3.63, 3.8) is 0 Å². The molecule has 0 aromatic heterocycles. The number of rotatable bonds is 3. The smallest absolute Gasteiger partial charge is 0.0801 e. The van der Waals surface area contributed by atoms with Gasteiger partial charge in [-0.2, -0.15) is 0 Å². The van der Waals surface area contributed by atoms with E-state index in [2.05, 4.69) is 58.7 Å². The van der Waals surface area contributed by atoms with Crippen molar-refractivity contribution in [3.8, 4) is 0 Å². The lowest BCUT2D eigenvalue weighted by atomic mass is 9.91. The van der Waals surface area contributed by atoms with Gasteiger partial charge in [0, 0.05) is 0 Å². The molecule has 0 radical (unpaired) electrons. The van der Waals surface area contributed by atoms with Crippen molar-refractivity contribution >= 4 is 6.34 Å². The van der Waals surface area contributed by atoms with E-state index in [0.29, 0.717) is 12.5 Å². The van der Waals surface area contributed by atoms with Crippen molar-refractivity contribution in [2.24, 2.45) is 10.7 Å². The van der Waals surface area contributed by atoms with Gasteiger partial charge in [-0.05, 0) is 42.0 Å². The summed E-state index contributed by atoms with van der Waals surface area (Å²) in [7, 11) is 0. The number of nitrogens with zero attached hydrogens (tertiary/aromatic N) is 1. The summed E-state index contributed by atoms with van der Waals surface area (Å²) < 4.78 is 0. The predicted molar refractivity (Wildman–Crippen MR) is 82.4 cm³/mol.